The maximum Gasteiger partial charge on any atom is 0.220 e. The zero-order valence-corrected chi connectivity index (χ0v) is 19.5. The number of ether oxygens (including phenoxy) is 2. The van der Waals surface area contributed by atoms with Crippen LogP contribution in [0.25, 0.3) is 22.0 Å². The second-order valence-corrected chi connectivity index (χ2v) is 8.49. The molecule has 0 bridgehead atoms. The number of carbonyl (C=O) groups excluding carboxylic acids is 1. The van der Waals surface area contributed by atoms with E-state index in [0.29, 0.717) is 24.5 Å². The molecule has 1 fully saturated rings. The number of nitrogens with one attached hydrogen (secondary N) is 1. The van der Waals surface area contributed by atoms with Gasteiger partial charge in [0, 0.05) is 84.5 Å². The number of amides is 1. The van der Waals surface area contributed by atoms with Crippen LogP contribution < -0.4 is 19.7 Å². The van der Waals surface area contributed by atoms with E-state index in [1.54, 1.807) is 18.9 Å². The summed E-state index contributed by atoms with van der Waals surface area (Å²) in [7, 11) is 5.18. The minimum atomic E-state index is 0.0558. The molecule has 0 radical (unpaired) electrons. The van der Waals surface area contributed by atoms with Crippen molar-refractivity contribution >= 4 is 28.2 Å². The molecular formula is C26H27N5O3. The van der Waals surface area contributed by atoms with Gasteiger partial charge in [-0.2, -0.15) is 5.10 Å². The van der Waals surface area contributed by atoms with Gasteiger partial charge in [0.25, 0.3) is 0 Å². The standard InChI is InChI=1S/C26H27N5O3/c1-30-15-19(14-28-30)18-8-17-9-21(5-6-25(17)27-13-18)31(16-20-4-7-26(32)29-20)22-10-23(33-2)12-24(11-22)34-3/h5-6,8-15,20H,4,7,16H2,1-3H3,(H,29,32). The molecule has 2 aromatic heterocycles. The normalized spacial score (nSPS) is 15.4. The van der Waals surface area contributed by atoms with Crippen molar-refractivity contribution in [1.29, 1.82) is 0 Å². The van der Waals surface area contributed by atoms with Crippen LogP contribution in [0.3, 0.4) is 0 Å². The molecule has 3 heterocycles. The summed E-state index contributed by atoms with van der Waals surface area (Å²) in [5.41, 5.74) is 4.86. The van der Waals surface area contributed by atoms with Gasteiger partial charge >= 0.3 is 0 Å². The first-order chi connectivity index (χ1) is 16.5. The molecule has 1 unspecified atom stereocenters. The maximum atomic E-state index is 11.9. The second-order valence-electron chi connectivity index (χ2n) is 8.49. The highest BCUT2D eigenvalue weighted by Crippen LogP contribution is 2.35. The lowest BCUT2D eigenvalue weighted by molar-refractivity contribution is -0.119. The number of benzene rings is 2. The Morgan fingerprint density at radius 1 is 1.03 bits per heavy atom. The van der Waals surface area contributed by atoms with Crippen molar-refractivity contribution in [2.45, 2.75) is 18.9 Å². The molecule has 0 saturated carbocycles. The van der Waals surface area contributed by atoms with Crippen LogP contribution in [0.4, 0.5) is 11.4 Å². The fourth-order valence-corrected chi connectivity index (χ4v) is 4.36. The third kappa shape index (κ3) is 4.39. The number of nitrogens with zero attached hydrogens (tertiary/aromatic N) is 4. The third-order valence-electron chi connectivity index (χ3n) is 6.15. The molecule has 0 aliphatic carbocycles. The van der Waals surface area contributed by atoms with Crippen molar-refractivity contribution in [3.63, 3.8) is 0 Å². The first-order valence-electron chi connectivity index (χ1n) is 11.2. The molecule has 1 N–H and O–H groups in total. The number of fused-ring (bicyclic) bond motifs is 1. The fourth-order valence-electron chi connectivity index (χ4n) is 4.36. The lowest BCUT2D eigenvalue weighted by atomic mass is 10.1. The molecule has 1 aliphatic rings. The summed E-state index contributed by atoms with van der Waals surface area (Å²) in [5.74, 6) is 1.50. The van der Waals surface area contributed by atoms with Gasteiger partial charge < -0.3 is 19.7 Å². The van der Waals surface area contributed by atoms with Gasteiger partial charge in [0.1, 0.15) is 11.5 Å². The highest BCUT2D eigenvalue weighted by Gasteiger charge is 2.25. The van der Waals surface area contributed by atoms with E-state index in [9.17, 15) is 4.79 Å². The minimum Gasteiger partial charge on any atom is -0.497 e. The molecule has 1 saturated heterocycles. The Bertz CT molecular complexity index is 1330. The summed E-state index contributed by atoms with van der Waals surface area (Å²) in [4.78, 5) is 18.7. The summed E-state index contributed by atoms with van der Waals surface area (Å²) in [6.07, 6.45) is 7.04. The van der Waals surface area contributed by atoms with Gasteiger partial charge in [0.05, 0.1) is 25.9 Å². The molecule has 1 atom stereocenters. The molecule has 34 heavy (non-hydrogen) atoms. The molecule has 174 valence electrons. The monoisotopic (exact) mass is 457 g/mol. The van der Waals surface area contributed by atoms with Crippen LogP contribution in [-0.2, 0) is 11.8 Å². The van der Waals surface area contributed by atoms with E-state index < -0.39 is 0 Å². The van der Waals surface area contributed by atoms with E-state index in [-0.39, 0.29) is 11.9 Å². The number of anilines is 2. The first-order valence-corrected chi connectivity index (χ1v) is 11.2. The average molecular weight is 458 g/mol. The van der Waals surface area contributed by atoms with Crippen molar-refractivity contribution in [3.05, 3.63) is 61.1 Å². The van der Waals surface area contributed by atoms with Crippen LogP contribution in [0, 0.1) is 0 Å². The van der Waals surface area contributed by atoms with E-state index in [4.69, 9.17) is 9.47 Å². The van der Waals surface area contributed by atoms with Gasteiger partial charge in [0.15, 0.2) is 0 Å². The number of carbonyl (C=O) groups is 1. The zero-order valence-electron chi connectivity index (χ0n) is 19.5. The summed E-state index contributed by atoms with van der Waals surface area (Å²) in [5, 5.41) is 8.39. The molecule has 8 nitrogen and oxygen atoms in total. The Labute approximate surface area is 198 Å². The molecule has 0 spiro atoms. The number of aromatic nitrogens is 3. The van der Waals surface area contributed by atoms with E-state index in [1.165, 1.54) is 0 Å². The van der Waals surface area contributed by atoms with Crippen molar-refractivity contribution < 1.29 is 14.3 Å². The maximum absolute atomic E-state index is 11.9. The SMILES string of the molecule is COc1cc(OC)cc(N(CC2CCC(=O)N2)c2ccc3ncc(-c4cnn(C)c4)cc3c2)c1. The lowest BCUT2D eigenvalue weighted by Crippen LogP contribution is -2.36. The summed E-state index contributed by atoms with van der Waals surface area (Å²) < 4.78 is 12.8. The molecule has 2 aromatic carbocycles. The van der Waals surface area contributed by atoms with Crippen molar-refractivity contribution in [2.75, 3.05) is 25.7 Å². The summed E-state index contributed by atoms with van der Waals surface area (Å²) >= 11 is 0. The Morgan fingerprint density at radius 2 is 1.82 bits per heavy atom. The number of methoxy groups -OCH3 is 2. The van der Waals surface area contributed by atoms with Crippen LogP contribution in [0.5, 0.6) is 11.5 Å². The Kier molecular flexibility index (Phi) is 5.79. The minimum absolute atomic E-state index is 0.0558. The highest BCUT2D eigenvalue weighted by molar-refractivity contribution is 5.87. The number of aryl methyl sites for hydroxylation is 1. The van der Waals surface area contributed by atoms with Crippen LogP contribution in [0.2, 0.25) is 0 Å². The Balaban J connectivity index is 1.58. The summed E-state index contributed by atoms with van der Waals surface area (Å²) in [6, 6.07) is 14.2. The number of hydrogen-bond donors (Lipinski definition) is 1. The van der Waals surface area contributed by atoms with Crippen LogP contribution in [-0.4, -0.2) is 47.5 Å². The van der Waals surface area contributed by atoms with Gasteiger partial charge in [-0.15, -0.1) is 0 Å². The van der Waals surface area contributed by atoms with Crippen LogP contribution in [0.1, 0.15) is 12.8 Å². The predicted octanol–water partition coefficient (Wildman–Crippen LogP) is 4.07. The molecule has 8 heteroatoms. The largest absolute Gasteiger partial charge is 0.497 e. The Morgan fingerprint density at radius 3 is 2.47 bits per heavy atom. The first kappa shape index (κ1) is 21.8. The number of pyridine rings is 1. The molecule has 1 amide bonds. The van der Waals surface area contributed by atoms with Gasteiger partial charge in [-0.25, -0.2) is 0 Å². The predicted molar refractivity (Wildman–Crippen MR) is 132 cm³/mol. The third-order valence-corrected chi connectivity index (χ3v) is 6.15. The smallest absolute Gasteiger partial charge is 0.220 e. The zero-order chi connectivity index (χ0) is 23.7. The summed E-state index contributed by atoms with van der Waals surface area (Å²) in [6.45, 7) is 0.628. The average Bonchev–Trinajstić information content (AvgIpc) is 3.49. The second kappa shape index (κ2) is 9.05. The van der Waals surface area contributed by atoms with Gasteiger partial charge in [-0.3, -0.25) is 14.5 Å². The van der Waals surface area contributed by atoms with Gasteiger partial charge in [0.2, 0.25) is 5.91 Å². The van der Waals surface area contributed by atoms with E-state index in [0.717, 1.165) is 39.8 Å². The Hall–Kier alpha value is -4.07. The van der Waals surface area contributed by atoms with Crippen LogP contribution in [0.15, 0.2) is 61.1 Å². The quantitative estimate of drug-likeness (QED) is 0.451. The van der Waals surface area contributed by atoms with Gasteiger partial charge in [-0.05, 0) is 30.7 Å². The van der Waals surface area contributed by atoms with E-state index in [1.807, 2.05) is 49.9 Å². The number of rotatable bonds is 7. The van der Waals surface area contributed by atoms with E-state index >= 15 is 0 Å². The molecule has 4 aromatic rings. The molecular weight excluding hydrogens is 430 g/mol. The number of hydrogen-bond acceptors (Lipinski definition) is 6. The fraction of sp³-hybridized carbons (Fsp3) is 0.269. The van der Waals surface area contributed by atoms with Crippen molar-refractivity contribution in [1.82, 2.24) is 20.1 Å². The van der Waals surface area contributed by atoms with Crippen LogP contribution >= 0.6 is 0 Å². The van der Waals surface area contributed by atoms with E-state index in [2.05, 4.69) is 38.5 Å². The topological polar surface area (TPSA) is 81.5 Å². The van der Waals surface area contributed by atoms with Crippen molar-refractivity contribution in [3.8, 4) is 22.6 Å². The van der Waals surface area contributed by atoms with Crippen molar-refractivity contribution in [2.24, 2.45) is 7.05 Å². The highest BCUT2D eigenvalue weighted by atomic mass is 16.5. The lowest BCUT2D eigenvalue weighted by Gasteiger charge is -2.29. The molecule has 5 rings (SSSR count). The molecule has 1 aliphatic heterocycles. The van der Waals surface area contributed by atoms with Gasteiger partial charge in [-0.1, -0.05) is 0 Å².